The van der Waals surface area contributed by atoms with E-state index >= 15 is 0 Å². The number of ether oxygens (including phenoxy) is 1. The molecule has 0 saturated carbocycles. The van der Waals surface area contributed by atoms with Gasteiger partial charge in [-0.15, -0.1) is 0 Å². The highest BCUT2D eigenvalue weighted by Gasteiger charge is 2.45. The van der Waals surface area contributed by atoms with Crippen molar-refractivity contribution in [3.8, 4) is 0 Å². The van der Waals surface area contributed by atoms with Crippen molar-refractivity contribution in [1.82, 2.24) is 10.6 Å². The van der Waals surface area contributed by atoms with Crippen LogP contribution in [0.25, 0.3) is 0 Å². The number of hydrogen-bond acceptors (Lipinski definition) is 7. The Balaban J connectivity index is 2.65. The summed E-state index contributed by atoms with van der Waals surface area (Å²) in [5.74, 6) is -0.739. The van der Waals surface area contributed by atoms with Crippen LogP contribution < -0.4 is 16.4 Å². The van der Waals surface area contributed by atoms with Crippen molar-refractivity contribution >= 4 is 11.8 Å². The Labute approximate surface area is 135 Å². The van der Waals surface area contributed by atoms with Gasteiger partial charge in [-0.25, -0.2) is 0 Å². The Morgan fingerprint density at radius 2 is 1.83 bits per heavy atom. The summed E-state index contributed by atoms with van der Waals surface area (Å²) in [5, 5.41) is 34.2. The molecular formula is C14H27N3O6. The molecular weight excluding hydrogens is 306 g/mol. The Bertz CT molecular complexity index is 395. The van der Waals surface area contributed by atoms with E-state index in [1.807, 2.05) is 0 Å². The second-order valence-electron chi connectivity index (χ2n) is 5.65. The van der Waals surface area contributed by atoms with Gasteiger partial charge in [-0.3, -0.25) is 9.59 Å². The molecule has 1 aliphatic heterocycles. The van der Waals surface area contributed by atoms with Gasteiger partial charge in [-0.05, 0) is 19.4 Å². The van der Waals surface area contributed by atoms with Crippen LogP contribution in [0.3, 0.4) is 0 Å². The molecule has 0 aromatic carbocycles. The van der Waals surface area contributed by atoms with Crippen molar-refractivity contribution in [1.29, 1.82) is 0 Å². The third kappa shape index (κ3) is 6.04. The number of aliphatic hydroxyl groups is 3. The smallest absolute Gasteiger partial charge is 0.222 e. The second-order valence-corrected chi connectivity index (χ2v) is 5.65. The number of hydrogen-bond donors (Lipinski definition) is 6. The van der Waals surface area contributed by atoms with Crippen LogP contribution in [0.1, 0.15) is 32.6 Å². The number of amides is 2. The maximum absolute atomic E-state index is 11.9. The summed E-state index contributed by atoms with van der Waals surface area (Å²) < 4.78 is 5.40. The number of nitrogens with two attached hydrogens (primary N) is 1. The van der Waals surface area contributed by atoms with Gasteiger partial charge in [0.15, 0.2) is 6.23 Å². The molecule has 0 aromatic rings. The van der Waals surface area contributed by atoms with E-state index in [0.29, 0.717) is 13.0 Å². The Morgan fingerprint density at radius 1 is 1.13 bits per heavy atom. The third-order valence-electron chi connectivity index (χ3n) is 3.71. The van der Waals surface area contributed by atoms with E-state index < -0.39 is 43.1 Å². The lowest BCUT2D eigenvalue weighted by Crippen LogP contribution is -2.68. The molecule has 2 amide bonds. The summed E-state index contributed by atoms with van der Waals surface area (Å²) in [7, 11) is 0. The van der Waals surface area contributed by atoms with Crippen LogP contribution in [0.4, 0.5) is 0 Å². The first-order valence-corrected chi connectivity index (χ1v) is 7.79. The number of unbranched alkanes of at least 4 members (excludes halogenated alkanes) is 2. The van der Waals surface area contributed by atoms with E-state index in [2.05, 4.69) is 10.6 Å². The van der Waals surface area contributed by atoms with Crippen LogP contribution in [0.15, 0.2) is 0 Å². The summed E-state index contributed by atoms with van der Waals surface area (Å²) in [6.07, 6.45) is -2.23. The third-order valence-corrected chi connectivity index (χ3v) is 3.71. The van der Waals surface area contributed by atoms with Crippen LogP contribution in [0.5, 0.6) is 0 Å². The van der Waals surface area contributed by atoms with Gasteiger partial charge in [0.2, 0.25) is 11.8 Å². The standard InChI is InChI=1S/C14H27N3O6/c1-8(19)16-11-13(22)12(21)9(7-18)23-14(11)17-10(20)5-3-2-4-6-15/h9,11-14,18,21-22H,2-7,15H2,1H3,(H,16,19)(H,17,20). The number of rotatable bonds is 8. The van der Waals surface area contributed by atoms with Crippen molar-refractivity contribution in [2.24, 2.45) is 5.73 Å². The molecule has 1 rings (SSSR count). The topological polar surface area (TPSA) is 154 Å². The predicted octanol–water partition coefficient (Wildman–Crippen LogP) is -2.43. The number of carbonyl (C=O) groups is 2. The monoisotopic (exact) mass is 333 g/mol. The fraction of sp³-hybridized carbons (Fsp3) is 0.857. The van der Waals surface area contributed by atoms with E-state index in [0.717, 1.165) is 12.8 Å². The van der Waals surface area contributed by atoms with Gasteiger partial charge in [0, 0.05) is 13.3 Å². The molecule has 7 N–H and O–H groups in total. The minimum absolute atomic E-state index is 0.259. The Morgan fingerprint density at radius 3 is 2.39 bits per heavy atom. The van der Waals surface area contributed by atoms with Gasteiger partial charge < -0.3 is 36.4 Å². The summed E-state index contributed by atoms with van der Waals surface area (Å²) in [6, 6.07) is -1.00. The average molecular weight is 333 g/mol. The van der Waals surface area contributed by atoms with E-state index in [1.54, 1.807) is 0 Å². The molecule has 134 valence electrons. The molecule has 0 aromatic heterocycles. The van der Waals surface area contributed by atoms with Crippen molar-refractivity contribution in [2.45, 2.75) is 63.2 Å². The van der Waals surface area contributed by atoms with Gasteiger partial charge in [0.1, 0.15) is 24.4 Å². The van der Waals surface area contributed by atoms with Crippen molar-refractivity contribution in [3.05, 3.63) is 0 Å². The fourth-order valence-corrected chi connectivity index (χ4v) is 2.47. The first kappa shape index (κ1) is 19.8. The molecule has 5 atom stereocenters. The van der Waals surface area contributed by atoms with Crippen LogP contribution in [0, 0.1) is 0 Å². The molecule has 9 heteroatoms. The zero-order valence-corrected chi connectivity index (χ0v) is 13.3. The van der Waals surface area contributed by atoms with E-state index in [4.69, 9.17) is 10.5 Å². The summed E-state index contributed by atoms with van der Waals surface area (Å²) in [4.78, 5) is 23.2. The predicted molar refractivity (Wildman–Crippen MR) is 81.0 cm³/mol. The van der Waals surface area contributed by atoms with E-state index in [-0.39, 0.29) is 12.3 Å². The molecule has 1 aliphatic rings. The Hall–Kier alpha value is -1.26. The zero-order chi connectivity index (χ0) is 17.4. The van der Waals surface area contributed by atoms with Gasteiger partial charge in [0.25, 0.3) is 0 Å². The van der Waals surface area contributed by atoms with Crippen LogP contribution in [0.2, 0.25) is 0 Å². The van der Waals surface area contributed by atoms with Crippen molar-refractivity contribution in [2.75, 3.05) is 13.2 Å². The molecule has 1 heterocycles. The van der Waals surface area contributed by atoms with Gasteiger partial charge >= 0.3 is 0 Å². The van der Waals surface area contributed by atoms with Crippen molar-refractivity contribution < 1.29 is 29.6 Å². The molecule has 0 aliphatic carbocycles. The molecule has 5 unspecified atom stereocenters. The molecule has 0 radical (unpaired) electrons. The largest absolute Gasteiger partial charge is 0.394 e. The maximum atomic E-state index is 11.9. The molecule has 23 heavy (non-hydrogen) atoms. The second kappa shape index (κ2) is 9.78. The minimum Gasteiger partial charge on any atom is -0.394 e. The van der Waals surface area contributed by atoms with Crippen LogP contribution in [-0.2, 0) is 14.3 Å². The lowest BCUT2D eigenvalue weighted by molar-refractivity contribution is -0.203. The van der Waals surface area contributed by atoms with Crippen LogP contribution >= 0.6 is 0 Å². The zero-order valence-electron chi connectivity index (χ0n) is 13.3. The molecule has 9 nitrogen and oxygen atoms in total. The quantitative estimate of drug-likeness (QED) is 0.270. The highest BCUT2D eigenvalue weighted by molar-refractivity contribution is 5.76. The molecule has 0 bridgehead atoms. The summed E-state index contributed by atoms with van der Waals surface area (Å²) in [6.45, 7) is 1.30. The van der Waals surface area contributed by atoms with E-state index in [9.17, 15) is 24.9 Å². The highest BCUT2D eigenvalue weighted by atomic mass is 16.5. The maximum Gasteiger partial charge on any atom is 0.222 e. The highest BCUT2D eigenvalue weighted by Crippen LogP contribution is 2.20. The summed E-state index contributed by atoms with van der Waals surface area (Å²) in [5.41, 5.74) is 5.38. The van der Waals surface area contributed by atoms with E-state index in [1.165, 1.54) is 6.92 Å². The SMILES string of the molecule is CC(=O)NC1C(NC(=O)CCCCCN)OC(CO)C(O)C1O. The average Bonchev–Trinajstić information content (AvgIpc) is 2.50. The molecule has 1 saturated heterocycles. The first-order chi connectivity index (χ1) is 10.9. The first-order valence-electron chi connectivity index (χ1n) is 7.79. The minimum atomic E-state index is -1.37. The normalized spacial score (nSPS) is 30.7. The number of nitrogens with one attached hydrogen (secondary N) is 2. The number of carbonyl (C=O) groups excluding carboxylic acids is 2. The lowest BCUT2D eigenvalue weighted by atomic mass is 9.95. The fourth-order valence-electron chi connectivity index (χ4n) is 2.47. The van der Waals surface area contributed by atoms with Crippen LogP contribution in [-0.4, -0.2) is 70.9 Å². The van der Waals surface area contributed by atoms with Gasteiger partial charge in [-0.1, -0.05) is 6.42 Å². The van der Waals surface area contributed by atoms with Crippen molar-refractivity contribution in [3.63, 3.8) is 0 Å². The summed E-state index contributed by atoms with van der Waals surface area (Å²) >= 11 is 0. The lowest BCUT2D eigenvalue weighted by Gasteiger charge is -2.42. The Kier molecular flexibility index (Phi) is 8.42. The van der Waals surface area contributed by atoms with Gasteiger partial charge in [-0.2, -0.15) is 0 Å². The molecule has 1 fully saturated rings. The number of aliphatic hydroxyl groups excluding tert-OH is 3. The van der Waals surface area contributed by atoms with Gasteiger partial charge in [0.05, 0.1) is 6.61 Å². The molecule has 0 spiro atoms.